The van der Waals surface area contributed by atoms with Gasteiger partial charge in [0.05, 0.1) is 12.7 Å². The number of carbonyl (C=O) groups excluding carboxylic acids is 2. The van der Waals surface area contributed by atoms with E-state index in [1.165, 1.54) is 7.05 Å². The molecule has 0 atom stereocenters. The molecule has 1 aromatic heterocycles. The van der Waals surface area contributed by atoms with Crippen molar-refractivity contribution in [1.29, 1.82) is 0 Å². The summed E-state index contributed by atoms with van der Waals surface area (Å²) in [5.74, 6) is 0.498. The molecule has 0 saturated heterocycles. The lowest BCUT2D eigenvalue weighted by atomic mass is 10.0. The first kappa shape index (κ1) is 15.3. The van der Waals surface area contributed by atoms with E-state index in [1.807, 2.05) is 32.9 Å². The normalized spacial score (nSPS) is 14.4. The van der Waals surface area contributed by atoms with Crippen LogP contribution in [0.2, 0.25) is 0 Å². The van der Waals surface area contributed by atoms with Gasteiger partial charge in [-0.05, 0) is 39.0 Å². The standard InChI is InChI=1S/C17H19N3O3/c1-17(2,3)19-14-10-7-6-9(23-5)8-11(10)12-13(18-14)16(22)20(4)15(12)21/h6-8H,1-5H3,(H,18,19). The highest BCUT2D eigenvalue weighted by Crippen LogP contribution is 2.35. The number of aromatic nitrogens is 1. The van der Waals surface area contributed by atoms with Crippen molar-refractivity contribution in [2.45, 2.75) is 26.3 Å². The topological polar surface area (TPSA) is 71.5 Å². The van der Waals surface area contributed by atoms with Gasteiger partial charge in [0.25, 0.3) is 11.8 Å². The van der Waals surface area contributed by atoms with E-state index in [0.29, 0.717) is 22.5 Å². The zero-order valence-electron chi connectivity index (χ0n) is 13.9. The highest BCUT2D eigenvalue weighted by Gasteiger charge is 2.37. The van der Waals surface area contributed by atoms with Gasteiger partial charge in [-0.15, -0.1) is 0 Å². The largest absolute Gasteiger partial charge is 0.497 e. The number of hydrogen-bond donors (Lipinski definition) is 1. The Bertz CT molecular complexity index is 837. The lowest BCUT2D eigenvalue weighted by Crippen LogP contribution is -2.27. The SMILES string of the molecule is COc1ccc2c(NC(C)(C)C)nc3c(c2c1)C(=O)N(C)C3=O. The summed E-state index contributed by atoms with van der Waals surface area (Å²) in [5.41, 5.74) is 0.293. The van der Waals surface area contributed by atoms with Crippen molar-refractivity contribution in [3.05, 3.63) is 29.5 Å². The number of carbonyl (C=O) groups is 2. The van der Waals surface area contributed by atoms with Gasteiger partial charge in [0.2, 0.25) is 0 Å². The van der Waals surface area contributed by atoms with Gasteiger partial charge < -0.3 is 10.1 Å². The number of benzene rings is 1. The Morgan fingerprint density at radius 2 is 1.83 bits per heavy atom. The number of ether oxygens (including phenoxy) is 1. The summed E-state index contributed by atoms with van der Waals surface area (Å²) in [7, 11) is 3.03. The van der Waals surface area contributed by atoms with Crippen LogP contribution in [0.5, 0.6) is 5.75 Å². The third-order valence-corrected chi connectivity index (χ3v) is 3.73. The molecule has 120 valence electrons. The number of nitrogens with one attached hydrogen (secondary N) is 1. The summed E-state index contributed by atoms with van der Waals surface area (Å²) >= 11 is 0. The van der Waals surface area contributed by atoms with Gasteiger partial charge in [0.1, 0.15) is 17.3 Å². The minimum atomic E-state index is -0.383. The molecule has 0 saturated carbocycles. The number of anilines is 1. The minimum Gasteiger partial charge on any atom is -0.497 e. The number of methoxy groups -OCH3 is 1. The molecule has 0 fully saturated rings. The number of nitrogens with zero attached hydrogens (tertiary/aromatic N) is 2. The summed E-state index contributed by atoms with van der Waals surface area (Å²) in [6.45, 7) is 6.03. The minimum absolute atomic E-state index is 0.185. The molecule has 0 unspecified atom stereocenters. The van der Waals surface area contributed by atoms with Gasteiger partial charge in [-0.25, -0.2) is 4.98 Å². The fraction of sp³-hybridized carbons (Fsp3) is 0.353. The molecule has 1 aliphatic rings. The molecule has 2 aromatic rings. The van der Waals surface area contributed by atoms with Gasteiger partial charge in [-0.3, -0.25) is 14.5 Å². The van der Waals surface area contributed by atoms with Crippen LogP contribution >= 0.6 is 0 Å². The number of amides is 2. The Balaban J connectivity index is 2.36. The summed E-state index contributed by atoms with van der Waals surface area (Å²) in [6, 6.07) is 5.44. The first-order valence-corrected chi connectivity index (χ1v) is 7.35. The van der Waals surface area contributed by atoms with Crippen LogP contribution in [0.4, 0.5) is 5.82 Å². The average molecular weight is 313 g/mol. The third kappa shape index (κ3) is 2.40. The lowest BCUT2D eigenvalue weighted by Gasteiger charge is -2.23. The van der Waals surface area contributed by atoms with Crippen molar-refractivity contribution in [3.8, 4) is 5.75 Å². The second-order valence-electron chi connectivity index (χ2n) is 6.64. The molecule has 6 heteroatoms. The molecule has 3 rings (SSSR count). The highest BCUT2D eigenvalue weighted by atomic mass is 16.5. The first-order chi connectivity index (χ1) is 10.7. The van der Waals surface area contributed by atoms with E-state index in [0.717, 1.165) is 10.3 Å². The van der Waals surface area contributed by atoms with E-state index < -0.39 is 0 Å². The van der Waals surface area contributed by atoms with Crippen molar-refractivity contribution in [2.75, 3.05) is 19.5 Å². The van der Waals surface area contributed by atoms with Crippen LogP contribution in [0.3, 0.4) is 0 Å². The van der Waals surface area contributed by atoms with Gasteiger partial charge in [0.15, 0.2) is 0 Å². The van der Waals surface area contributed by atoms with E-state index in [1.54, 1.807) is 13.2 Å². The van der Waals surface area contributed by atoms with E-state index in [-0.39, 0.29) is 23.0 Å². The van der Waals surface area contributed by atoms with Gasteiger partial charge in [0, 0.05) is 23.4 Å². The van der Waals surface area contributed by atoms with Crippen molar-refractivity contribution in [3.63, 3.8) is 0 Å². The average Bonchev–Trinajstić information content (AvgIpc) is 2.70. The van der Waals surface area contributed by atoms with Crippen LogP contribution in [0.25, 0.3) is 10.8 Å². The van der Waals surface area contributed by atoms with Gasteiger partial charge >= 0.3 is 0 Å². The van der Waals surface area contributed by atoms with E-state index >= 15 is 0 Å². The molecule has 2 heterocycles. The fourth-order valence-corrected chi connectivity index (χ4v) is 2.66. The van der Waals surface area contributed by atoms with E-state index in [9.17, 15) is 9.59 Å². The molecule has 0 aliphatic carbocycles. The van der Waals surface area contributed by atoms with E-state index in [2.05, 4.69) is 10.3 Å². The monoisotopic (exact) mass is 313 g/mol. The smallest absolute Gasteiger partial charge is 0.280 e. The van der Waals surface area contributed by atoms with Crippen LogP contribution in [0.15, 0.2) is 18.2 Å². The second kappa shape index (κ2) is 4.94. The second-order valence-corrected chi connectivity index (χ2v) is 6.64. The zero-order valence-corrected chi connectivity index (χ0v) is 13.9. The molecule has 1 aliphatic heterocycles. The summed E-state index contributed by atoms with van der Waals surface area (Å²) in [5, 5.41) is 4.77. The molecule has 6 nitrogen and oxygen atoms in total. The number of pyridine rings is 1. The quantitative estimate of drug-likeness (QED) is 0.863. The lowest BCUT2D eigenvalue weighted by molar-refractivity contribution is 0.0692. The molecule has 0 spiro atoms. The maximum Gasteiger partial charge on any atom is 0.280 e. The molecule has 23 heavy (non-hydrogen) atoms. The van der Waals surface area contributed by atoms with Crippen molar-refractivity contribution in [1.82, 2.24) is 9.88 Å². The van der Waals surface area contributed by atoms with Crippen LogP contribution in [0.1, 0.15) is 41.6 Å². The zero-order chi connectivity index (χ0) is 16.9. The van der Waals surface area contributed by atoms with Gasteiger partial charge in [-0.2, -0.15) is 0 Å². The molecule has 0 radical (unpaired) electrons. The summed E-state index contributed by atoms with van der Waals surface area (Å²) in [4.78, 5) is 30.3. The predicted octanol–water partition coefficient (Wildman–Crippen LogP) is 2.68. The number of rotatable bonds is 2. The first-order valence-electron chi connectivity index (χ1n) is 7.35. The Hall–Kier alpha value is -2.63. The fourth-order valence-electron chi connectivity index (χ4n) is 2.66. The number of fused-ring (bicyclic) bond motifs is 3. The molecule has 1 N–H and O–H groups in total. The maximum atomic E-state index is 12.4. The van der Waals surface area contributed by atoms with Crippen LogP contribution < -0.4 is 10.1 Å². The predicted molar refractivity (Wildman–Crippen MR) is 88.1 cm³/mol. The Morgan fingerprint density at radius 1 is 1.13 bits per heavy atom. The number of imide groups is 1. The summed E-state index contributed by atoms with van der Waals surface area (Å²) < 4.78 is 5.26. The van der Waals surface area contributed by atoms with Crippen molar-refractivity contribution >= 4 is 28.4 Å². The molecular weight excluding hydrogens is 294 g/mol. The molecular formula is C17H19N3O3. The van der Waals surface area contributed by atoms with Crippen molar-refractivity contribution < 1.29 is 14.3 Å². The van der Waals surface area contributed by atoms with Crippen LogP contribution in [-0.2, 0) is 0 Å². The third-order valence-electron chi connectivity index (χ3n) is 3.73. The van der Waals surface area contributed by atoms with Crippen LogP contribution in [-0.4, -0.2) is 41.4 Å². The number of hydrogen-bond acceptors (Lipinski definition) is 5. The van der Waals surface area contributed by atoms with Crippen LogP contribution in [0, 0.1) is 0 Å². The highest BCUT2D eigenvalue weighted by molar-refractivity contribution is 6.26. The molecule has 2 amide bonds. The van der Waals surface area contributed by atoms with Gasteiger partial charge in [-0.1, -0.05) is 0 Å². The summed E-state index contributed by atoms with van der Waals surface area (Å²) in [6.07, 6.45) is 0. The maximum absolute atomic E-state index is 12.4. The molecule has 0 bridgehead atoms. The van der Waals surface area contributed by atoms with Crippen molar-refractivity contribution in [2.24, 2.45) is 0 Å². The molecule has 1 aromatic carbocycles. The Morgan fingerprint density at radius 3 is 2.43 bits per heavy atom. The van der Waals surface area contributed by atoms with E-state index in [4.69, 9.17) is 4.74 Å². The Kier molecular flexibility index (Phi) is 3.28. The Labute approximate surface area is 134 Å².